The van der Waals surface area contributed by atoms with Crippen LogP contribution in [0.1, 0.15) is 10.6 Å². The number of nitro groups is 1. The number of hydrogen-bond acceptors (Lipinski definition) is 8. The number of rotatable bonds is 6. The summed E-state index contributed by atoms with van der Waals surface area (Å²) in [7, 11) is -3.78. The van der Waals surface area contributed by atoms with Crippen molar-refractivity contribution in [3.8, 4) is 11.4 Å². The number of hydrogen-bond donors (Lipinski definition) is 3. The molecule has 0 aliphatic carbocycles. The van der Waals surface area contributed by atoms with Gasteiger partial charge in [-0.05, 0) is 12.1 Å². The first kappa shape index (κ1) is 23.4. The average Bonchev–Trinajstić information content (AvgIpc) is 3.16. The number of methoxy groups -OCH3 is 1. The second-order valence-corrected chi connectivity index (χ2v) is 6.89. The van der Waals surface area contributed by atoms with E-state index in [2.05, 4.69) is 20.8 Å². The van der Waals surface area contributed by atoms with Crippen LogP contribution in [0.4, 0.5) is 11.4 Å². The summed E-state index contributed by atoms with van der Waals surface area (Å²) in [6, 6.07) is 9.98. The Morgan fingerprint density at radius 1 is 1.30 bits per heavy atom. The van der Waals surface area contributed by atoms with Crippen molar-refractivity contribution in [1.29, 1.82) is 0 Å². The number of benzene rings is 2. The Hall–Kier alpha value is -2.91. The molecule has 3 rings (SSSR count). The van der Waals surface area contributed by atoms with Gasteiger partial charge < -0.3 is 10.1 Å². The van der Waals surface area contributed by atoms with Crippen molar-refractivity contribution in [2.24, 2.45) is 0 Å². The Bertz CT molecular complexity index is 1200. The molecule has 13 nitrogen and oxygen atoms in total. The van der Waals surface area contributed by atoms with Gasteiger partial charge in [-0.1, -0.05) is 23.4 Å². The van der Waals surface area contributed by atoms with Gasteiger partial charge >= 0.3 is 51.4 Å². The summed E-state index contributed by atoms with van der Waals surface area (Å²) in [6.45, 7) is 0. The Balaban J connectivity index is 0.00000320. The van der Waals surface area contributed by atoms with Gasteiger partial charge in [0.2, 0.25) is 0 Å². The third kappa shape index (κ3) is 4.80. The van der Waals surface area contributed by atoms with Crippen molar-refractivity contribution in [3.05, 3.63) is 58.4 Å². The molecule has 0 atom stereocenters. The molecule has 0 aliphatic rings. The van der Waals surface area contributed by atoms with Crippen LogP contribution in [0.25, 0.3) is 5.69 Å². The Labute approximate surface area is 191 Å². The number of aromatic amines is 1. The first-order valence-electron chi connectivity index (χ1n) is 7.76. The normalized spacial score (nSPS) is 10.7. The van der Waals surface area contributed by atoms with Crippen LogP contribution in [0, 0.1) is 10.1 Å². The van der Waals surface area contributed by atoms with Crippen LogP contribution >= 0.6 is 0 Å². The zero-order valence-corrected chi connectivity index (χ0v) is 18.5. The van der Waals surface area contributed by atoms with Crippen molar-refractivity contribution in [2.75, 3.05) is 12.4 Å². The molecule has 3 aromatic rings. The number of aromatic nitrogens is 4. The fourth-order valence-electron chi connectivity index (χ4n) is 2.46. The minimum Gasteiger partial charge on any atom is -0.493 e. The minimum absolute atomic E-state index is 0. The first-order valence-corrected chi connectivity index (χ1v) is 9.20. The molecule has 30 heavy (non-hydrogen) atoms. The van der Waals surface area contributed by atoms with Gasteiger partial charge in [0.15, 0.2) is 21.5 Å². The predicted octanol–water partition coefficient (Wildman–Crippen LogP) is -2.50. The second kappa shape index (κ2) is 9.27. The molecule has 3 N–H and O–H groups in total. The van der Waals surface area contributed by atoms with Crippen LogP contribution in [0.2, 0.25) is 0 Å². The Kier molecular flexibility index (Phi) is 7.22. The molecule has 2 aromatic carbocycles. The molecular weight excluding hydrogens is 431 g/mol. The second-order valence-electron chi connectivity index (χ2n) is 5.50. The maximum atomic E-state index is 12.6. The summed E-state index contributed by atoms with van der Waals surface area (Å²) in [5.41, 5.74) is -0.605. The number of nitrogens with zero attached hydrogens (tertiary/aromatic N) is 4. The fraction of sp³-hybridized carbons (Fsp3) is 0.0667. The third-order valence-corrected chi connectivity index (χ3v) is 4.59. The predicted molar refractivity (Wildman–Crippen MR) is 95.3 cm³/mol. The zero-order valence-electron chi connectivity index (χ0n) is 15.6. The molecule has 0 fully saturated rings. The summed E-state index contributed by atoms with van der Waals surface area (Å²) in [5.74, 6) is -1.19. The van der Waals surface area contributed by atoms with Crippen LogP contribution in [-0.4, -0.2) is 46.4 Å². The van der Waals surface area contributed by atoms with Crippen LogP contribution in [0.5, 0.6) is 5.75 Å². The van der Waals surface area contributed by atoms with Crippen LogP contribution in [0.15, 0.2) is 47.4 Å². The molecule has 0 saturated heterocycles. The molecule has 150 valence electrons. The minimum atomic E-state index is -4.96. The summed E-state index contributed by atoms with van der Waals surface area (Å²) in [5, 5.41) is 23.3. The number of carbonyl (C=O) groups excluding carboxylic acids is 1. The number of nitro benzene ring substituents is 1. The number of ether oxygens (including phenoxy) is 1. The molecule has 1 amide bonds. The number of tetrazole rings is 1. The quantitative estimate of drug-likeness (QED) is 0.122. The van der Waals surface area contributed by atoms with Gasteiger partial charge in [-0.2, -0.15) is 8.42 Å². The van der Waals surface area contributed by atoms with Gasteiger partial charge in [-0.3, -0.25) is 19.5 Å². The Morgan fingerprint density at radius 3 is 2.53 bits per heavy atom. The van der Waals surface area contributed by atoms with E-state index in [9.17, 15) is 27.9 Å². The van der Waals surface area contributed by atoms with Crippen molar-refractivity contribution in [2.45, 2.75) is 4.90 Å². The number of amides is 1. The molecule has 0 bridgehead atoms. The van der Waals surface area contributed by atoms with Gasteiger partial charge in [0, 0.05) is 11.8 Å². The number of carbonyl (C=O) groups is 1. The smallest absolute Gasteiger partial charge is 0.493 e. The van der Waals surface area contributed by atoms with E-state index in [0.29, 0.717) is 5.69 Å². The molecule has 0 aliphatic heterocycles. The monoisotopic (exact) mass is 444 g/mol. The topological polar surface area (TPSA) is 181 Å². The van der Waals surface area contributed by atoms with Crippen LogP contribution in [-0.2, 0) is 10.1 Å². The van der Waals surface area contributed by atoms with Gasteiger partial charge in [-0.25, -0.2) is 0 Å². The summed E-state index contributed by atoms with van der Waals surface area (Å²) < 4.78 is 38.6. The van der Waals surface area contributed by atoms with Gasteiger partial charge in [0.1, 0.15) is 5.10 Å². The van der Waals surface area contributed by atoms with Crippen LogP contribution < -0.4 is 44.3 Å². The number of nitrogens with one attached hydrogen (secondary N) is 2. The van der Waals surface area contributed by atoms with E-state index in [1.54, 1.807) is 30.3 Å². The van der Waals surface area contributed by atoms with E-state index in [1.807, 2.05) is 0 Å². The van der Waals surface area contributed by atoms with Gasteiger partial charge in [0.25, 0.3) is 5.69 Å². The standard InChI is InChI=1S/C15H12N6O7S.Na/c1-28-12-7-11(21(23)24)13(29(25,26)27)8-10(12)20-14(17-18-19-20)15(22)16-9-5-3-2-4-6-9;/h2-8H,1H3,(H2,16,22,25,26,27);/q;+1/p+1. The van der Waals surface area contributed by atoms with Crippen molar-refractivity contribution in [1.82, 2.24) is 15.5 Å². The van der Waals surface area contributed by atoms with Crippen molar-refractivity contribution in [3.63, 3.8) is 0 Å². The van der Waals surface area contributed by atoms with Crippen LogP contribution in [0.3, 0.4) is 0 Å². The van der Waals surface area contributed by atoms with Gasteiger partial charge in [-0.15, -0.1) is 4.68 Å². The van der Waals surface area contributed by atoms with E-state index in [4.69, 9.17) is 4.74 Å². The van der Waals surface area contributed by atoms with Crippen molar-refractivity contribution >= 4 is 27.4 Å². The average molecular weight is 444 g/mol. The summed E-state index contributed by atoms with van der Waals surface area (Å²) >= 11 is 0. The Morgan fingerprint density at radius 2 is 1.97 bits per heavy atom. The van der Waals surface area contributed by atoms with E-state index in [-0.39, 0.29) is 46.8 Å². The number of para-hydroxylation sites is 1. The maximum Gasteiger partial charge on any atom is 1.00 e. The third-order valence-electron chi connectivity index (χ3n) is 3.71. The zero-order chi connectivity index (χ0) is 21.2. The fourth-order valence-corrected chi connectivity index (χ4v) is 3.11. The molecular formula is C15H13N6NaO7S+2. The molecule has 0 radical (unpaired) electrons. The van der Waals surface area contributed by atoms with Crippen molar-refractivity contribution < 1.29 is 61.7 Å². The number of H-pyrrole nitrogens is 1. The molecule has 0 spiro atoms. The summed E-state index contributed by atoms with van der Waals surface area (Å²) in [4.78, 5) is 21.8. The number of anilines is 1. The van der Waals surface area contributed by atoms with E-state index in [0.717, 1.165) is 16.8 Å². The van der Waals surface area contributed by atoms with Gasteiger partial charge in [0.05, 0.1) is 18.1 Å². The molecule has 0 unspecified atom stereocenters. The molecule has 0 saturated carbocycles. The molecule has 1 heterocycles. The first-order chi connectivity index (χ1) is 13.7. The van der Waals surface area contributed by atoms with E-state index in [1.165, 1.54) is 7.11 Å². The molecule has 1 aromatic heterocycles. The largest absolute Gasteiger partial charge is 1.00 e. The molecule has 15 heteroatoms. The van der Waals surface area contributed by atoms with E-state index < -0.39 is 31.5 Å². The van der Waals surface area contributed by atoms with E-state index >= 15 is 0 Å². The summed E-state index contributed by atoms with van der Waals surface area (Å²) in [6.07, 6.45) is 0. The maximum absolute atomic E-state index is 12.6. The SMILES string of the molecule is COc1cc([N+](=O)[O-])c(S(=O)(=O)O)cc1-[n+]1[nH]nnc1C(=O)Nc1ccccc1.[Na+].